The van der Waals surface area contributed by atoms with E-state index in [1.165, 1.54) is 4.57 Å². The third-order valence-corrected chi connectivity index (χ3v) is 4.61. The Labute approximate surface area is 165 Å². The van der Waals surface area contributed by atoms with Crippen LogP contribution in [0.15, 0.2) is 23.1 Å². The van der Waals surface area contributed by atoms with Crippen LogP contribution in [0, 0.1) is 6.92 Å². The number of nitrogens with one attached hydrogen (secondary N) is 1. The molecule has 0 aliphatic carbocycles. The number of anilines is 1. The molecule has 0 unspecified atom stereocenters. The Hall–Kier alpha value is -2.80. The van der Waals surface area contributed by atoms with Crippen molar-refractivity contribution in [3.8, 4) is 22.6 Å². The maximum atomic E-state index is 12.5. The number of hydrogen-bond donors (Lipinski definition) is 1. The highest BCUT2D eigenvalue weighted by Crippen LogP contribution is 2.37. The Kier molecular flexibility index (Phi) is 6.85. The van der Waals surface area contributed by atoms with Crippen molar-refractivity contribution in [3.05, 3.63) is 39.8 Å². The van der Waals surface area contributed by atoms with E-state index in [1.54, 1.807) is 34.4 Å². The molecule has 7 nitrogen and oxygen atoms in total. The van der Waals surface area contributed by atoms with Crippen LogP contribution in [0.1, 0.15) is 24.5 Å². The maximum absolute atomic E-state index is 12.5. The van der Waals surface area contributed by atoms with Gasteiger partial charge in [0.25, 0.3) is 5.56 Å². The maximum Gasteiger partial charge on any atom is 0.274 e. The summed E-state index contributed by atoms with van der Waals surface area (Å²) in [6.45, 7) is 4.24. The van der Waals surface area contributed by atoms with Crippen LogP contribution >= 0.6 is 0 Å². The summed E-state index contributed by atoms with van der Waals surface area (Å²) in [5, 5.41) is 2.73. The molecular formula is C21H29N3O4. The number of benzene rings is 1. The number of aromatic nitrogens is 1. The van der Waals surface area contributed by atoms with Crippen LogP contribution < -0.4 is 20.3 Å². The third kappa shape index (κ3) is 4.36. The van der Waals surface area contributed by atoms with Crippen LogP contribution in [0.3, 0.4) is 0 Å². The molecule has 152 valence electrons. The van der Waals surface area contributed by atoms with Crippen LogP contribution in [0.2, 0.25) is 0 Å². The first kappa shape index (κ1) is 21.5. The van der Waals surface area contributed by atoms with Crippen LogP contribution in [0.4, 0.5) is 5.69 Å². The van der Waals surface area contributed by atoms with Crippen LogP contribution in [-0.2, 0) is 18.4 Å². The highest BCUT2D eigenvalue weighted by molar-refractivity contribution is 5.92. The molecule has 7 heteroatoms. The first-order valence-corrected chi connectivity index (χ1v) is 9.13. The zero-order valence-electron chi connectivity index (χ0n) is 17.7. The van der Waals surface area contributed by atoms with Gasteiger partial charge in [-0.15, -0.1) is 0 Å². The van der Waals surface area contributed by atoms with Gasteiger partial charge in [-0.1, -0.05) is 6.92 Å². The predicted octanol–water partition coefficient (Wildman–Crippen LogP) is 2.79. The Morgan fingerprint density at radius 2 is 1.75 bits per heavy atom. The molecule has 0 aliphatic heterocycles. The molecule has 0 bridgehead atoms. The van der Waals surface area contributed by atoms with E-state index in [0.29, 0.717) is 35.7 Å². The third-order valence-electron chi connectivity index (χ3n) is 4.61. The van der Waals surface area contributed by atoms with Gasteiger partial charge >= 0.3 is 0 Å². The summed E-state index contributed by atoms with van der Waals surface area (Å²) in [6.07, 6.45) is 2.06. The van der Waals surface area contributed by atoms with Gasteiger partial charge in [-0.05, 0) is 44.3 Å². The van der Waals surface area contributed by atoms with Crippen LogP contribution in [0.25, 0.3) is 11.1 Å². The lowest BCUT2D eigenvalue weighted by atomic mass is 9.98. The first-order valence-electron chi connectivity index (χ1n) is 9.13. The van der Waals surface area contributed by atoms with Gasteiger partial charge < -0.3 is 24.3 Å². The summed E-state index contributed by atoms with van der Waals surface area (Å²) in [6, 6.07) is 3.86. The number of aryl methyl sites for hydroxylation is 1. The minimum atomic E-state index is -0.244. The van der Waals surface area contributed by atoms with Crippen molar-refractivity contribution in [3.63, 3.8) is 0 Å². The molecular weight excluding hydrogens is 358 g/mol. The van der Waals surface area contributed by atoms with Crippen molar-refractivity contribution in [2.75, 3.05) is 33.6 Å². The number of carbonyl (C=O) groups is 1. The Morgan fingerprint density at radius 3 is 2.21 bits per heavy atom. The van der Waals surface area contributed by atoms with Crippen LogP contribution in [0.5, 0.6) is 11.5 Å². The minimum absolute atomic E-state index is 0.200. The van der Waals surface area contributed by atoms with E-state index in [4.69, 9.17) is 9.47 Å². The molecule has 0 atom stereocenters. The first-order chi connectivity index (χ1) is 13.2. The Morgan fingerprint density at radius 1 is 1.18 bits per heavy atom. The van der Waals surface area contributed by atoms with Gasteiger partial charge in [0.2, 0.25) is 5.91 Å². The lowest BCUT2D eigenvalue weighted by Crippen LogP contribution is -2.25. The van der Waals surface area contributed by atoms with Gasteiger partial charge in [-0.3, -0.25) is 9.59 Å². The molecule has 28 heavy (non-hydrogen) atoms. The fourth-order valence-corrected chi connectivity index (χ4v) is 3.10. The lowest BCUT2D eigenvalue weighted by Gasteiger charge is -2.20. The van der Waals surface area contributed by atoms with Gasteiger partial charge in [0.05, 0.1) is 19.8 Å². The second-order valence-electron chi connectivity index (χ2n) is 6.96. The average molecular weight is 387 g/mol. The van der Waals surface area contributed by atoms with Crippen molar-refractivity contribution in [1.82, 2.24) is 9.47 Å². The highest BCUT2D eigenvalue weighted by Gasteiger charge is 2.19. The number of carbonyl (C=O) groups excluding carboxylic acids is 1. The monoisotopic (exact) mass is 387 g/mol. The molecule has 2 aromatic rings. The van der Waals surface area contributed by atoms with Gasteiger partial charge in [-0.2, -0.15) is 0 Å². The minimum Gasteiger partial charge on any atom is -0.496 e. The van der Waals surface area contributed by atoms with Gasteiger partial charge in [0.15, 0.2) is 0 Å². The number of pyridine rings is 1. The van der Waals surface area contributed by atoms with Gasteiger partial charge in [0.1, 0.15) is 17.2 Å². The molecule has 0 spiro atoms. The molecule has 1 amide bonds. The lowest BCUT2D eigenvalue weighted by molar-refractivity contribution is -0.115. The predicted molar refractivity (Wildman–Crippen MR) is 111 cm³/mol. The molecule has 1 aromatic carbocycles. The van der Waals surface area contributed by atoms with Crippen molar-refractivity contribution in [2.45, 2.75) is 26.8 Å². The molecule has 0 aliphatic rings. The number of ether oxygens (including phenoxy) is 2. The number of hydrogen-bond acceptors (Lipinski definition) is 5. The second kappa shape index (κ2) is 8.93. The smallest absolute Gasteiger partial charge is 0.274 e. The SMILES string of the molecule is CCC(=O)Nc1c(C)c(-c2cc(OC)c(CN(C)C)c(OC)c2)cn(C)c1=O. The summed E-state index contributed by atoms with van der Waals surface area (Å²) in [7, 11) is 8.87. The van der Waals surface area contributed by atoms with E-state index < -0.39 is 0 Å². The van der Waals surface area contributed by atoms with E-state index in [9.17, 15) is 9.59 Å². The Bertz CT molecular complexity index is 907. The summed E-state index contributed by atoms with van der Waals surface area (Å²) in [4.78, 5) is 26.5. The summed E-state index contributed by atoms with van der Waals surface area (Å²) in [5.41, 5.74) is 3.36. The molecule has 0 saturated carbocycles. The summed E-state index contributed by atoms with van der Waals surface area (Å²) >= 11 is 0. The van der Waals surface area contributed by atoms with Crippen molar-refractivity contribution in [1.29, 1.82) is 0 Å². The standard InChI is InChI=1S/C21H29N3O4/c1-8-19(25)22-20-13(2)15(12-24(5)21(20)26)14-9-17(27-6)16(11-23(3)4)18(10-14)28-7/h9-10,12H,8,11H2,1-7H3,(H,22,25). The van der Waals surface area contributed by atoms with E-state index in [-0.39, 0.29) is 11.5 Å². The Balaban J connectivity index is 2.71. The topological polar surface area (TPSA) is 72.8 Å². The molecule has 1 aromatic heterocycles. The zero-order chi connectivity index (χ0) is 21.0. The highest BCUT2D eigenvalue weighted by atomic mass is 16.5. The second-order valence-corrected chi connectivity index (χ2v) is 6.96. The molecule has 0 fully saturated rings. The van der Waals surface area contributed by atoms with E-state index in [1.807, 2.05) is 38.1 Å². The van der Waals surface area contributed by atoms with E-state index >= 15 is 0 Å². The summed E-state index contributed by atoms with van der Waals surface area (Å²) < 4.78 is 12.7. The van der Waals surface area contributed by atoms with Crippen LogP contribution in [-0.4, -0.2) is 43.7 Å². The molecule has 0 saturated heterocycles. The van der Waals surface area contributed by atoms with Gasteiger partial charge in [0, 0.05) is 31.8 Å². The fraction of sp³-hybridized carbons (Fsp3) is 0.429. The number of nitrogens with zero attached hydrogens (tertiary/aromatic N) is 2. The fourth-order valence-electron chi connectivity index (χ4n) is 3.10. The number of amides is 1. The zero-order valence-corrected chi connectivity index (χ0v) is 17.7. The average Bonchev–Trinajstić information content (AvgIpc) is 2.67. The van der Waals surface area contributed by atoms with Gasteiger partial charge in [-0.25, -0.2) is 0 Å². The quantitative estimate of drug-likeness (QED) is 0.791. The molecule has 1 heterocycles. The summed E-state index contributed by atoms with van der Waals surface area (Å²) in [5.74, 6) is 1.21. The normalized spacial score (nSPS) is 10.9. The van der Waals surface area contributed by atoms with Crippen molar-refractivity contribution >= 4 is 11.6 Å². The van der Waals surface area contributed by atoms with E-state index in [0.717, 1.165) is 16.7 Å². The number of rotatable bonds is 7. The largest absolute Gasteiger partial charge is 0.496 e. The number of methoxy groups -OCH3 is 2. The molecule has 2 rings (SSSR count). The van der Waals surface area contributed by atoms with Crippen molar-refractivity contribution < 1.29 is 14.3 Å². The van der Waals surface area contributed by atoms with Crippen molar-refractivity contribution in [2.24, 2.45) is 7.05 Å². The van der Waals surface area contributed by atoms with E-state index in [2.05, 4.69) is 5.32 Å². The molecule has 1 N–H and O–H groups in total. The molecule has 0 radical (unpaired) electrons.